The highest BCUT2D eigenvalue weighted by molar-refractivity contribution is 7.11. The first-order valence-electron chi connectivity index (χ1n) is 15.3. The van der Waals surface area contributed by atoms with Crippen LogP contribution in [-0.2, 0) is 24.2 Å². The molecular formula is C36H30Cl2N4O4S2. The average Bonchev–Trinajstić information content (AvgIpc) is 3.75. The molecule has 7 rings (SSSR count). The minimum Gasteiger partial charge on any atom is -0.444 e. The standard InChI is InChI=1S/C36H30Cl2N4O4S2/c37-24-10-6-22(7-11-24)30(43)28-19-47-32-26(28)14-16-40-34(32)42(39)35-33-27(29(20-48-33)31(44)23-8-12-25(38)13-9-23)15-17-41(35)36(45)46-18-21-4-2-1-3-5-21/h1-13,19-20,34-35,40H,14-18,39H2. The molecule has 2 atom stereocenters. The number of fused-ring (bicyclic) bond motifs is 2. The van der Waals surface area contributed by atoms with Crippen molar-refractivity contribution in [2.45, 2.75) is 31.8 Å². The second-order valence-electron chi connectivity index (χ2n) is 11.6. The lowest BCUT2D eigenvalue weighted by molar-refractivity contribution is -0.0120. The van der Waals surface area contributed by atoms with Gasteiger partial charge in [-0.05, 0) is 78.1 Å². The lowest BCUT2D eigenvalue weighted by atomic mass is 9.95. The van der Waals surface area contributed by atoms with Crippen molar-refractivity contribution in [2.24, 2.45) is 5.84 Å². The van der Waals surface area contributed by atoms with Gasteiger partial charge in [0.05, 0.1) is 0 Å². The van der Waals surface area contributed by atoms with Crippen LogP contribution in [0.4, 0.5) is 4.79 Å². The van der Waals surface area contributed by atoms with E-state index in [0.717, 1.165) is 26.4 Å². The summed E-state index contributed by atoms with van der Waals surface area (Å²) in [5.41, 5.74) is 4.95. The Morgan fingerprint density at radius 1 is 0.812 bits per heavy atom. The highest BCUT2D eigenvalue weighted by Crippen LogP contribution is 2.43. The molecule has 48 heavy (non-hydrogen) atoms. The van der Waals surface area contributed by atoms with Gasteiger partial charge in [-0.25, -0.2) is 4.79 Å². The van der Waals surface area contributed by atoms with Gasteiger partial charge in [0.15, 0.2) is 11.6 Å². The summed E-state index contributed by atoms with van der Waals surface area (Å²) in [6.07, 6.45) is -0.654. The number of benzene rings is 3. The number of ether oxygens (including phenoxy) is 1. The molecule has 12 heteroatoms. The average molecular weight is 718 g/mol. The Morgan fingerprint density at radius 2 is 1.38 bits per heavy atom. The Hall–Kier alpha value is -3.87. The smallest absolute Gasteiger partial charge is 0.411 e. The van der Waals surface area contributed by atoms with E-state index in [-0.39, 0.29) is 18.2 Å². The van der Waals surface area contributed by atoms with Crippen molar-refractivity contribution in [1.29, 1.82) is 0 Å². The molecule has 0 saturated heterocycles. The van der Waals surface area contributed by atoms with Crippen molar-refractivity contribution in [3.05, 3.63) is 148 Å². The van der Waals surface area contributed by atoms with Crippen molar-refractivity contribution in [3.8, 4) is 0 Å². The molecule has 3 N–H and O–H groups in total. The number of ketones is 2. The van der Waals surface area contributed by atoms with Gasteiger partial charge in [-0.15, -0.1) is 22.7 Å². The van der Waals surface area contributed by atoms with E-state index in [9.17, 15) is 14.4 Å². The van der Waals surface area contributed by atoms with Gasteiger partial charge in [0.2, 0.25) is 0 Å². The fourth-order valence-corrected chi connectivity index (χ4v) is 8.90. The number of hydrogen-bond acceptors (Lipinski definition) is 9. The first kappa shape index (κ1) is 32.7. The van der Waals surface area contributed by atoms with E-state index in [0.29, 0.717) is 58.2 Å². The van der Waals surface area contributed by atoms with E-state index < -0.39 is 18.4 Å². The van der Waals surface area contributed by atoms with Crippen LogP contribution in [0.1, 0.15) is 70.6 Å². The monoisotopic (exact) mass is 716 g/mol. The van der Waals surface area contributed by atoms with E-state index in [1.807, 2.05) is 41.1 Å². The zero-order chi connectivity index (χ0) is 33.4. The first-order chi connectivity index (χ1) is 23.3. The van der Waals surface area contributed by atoms with Crippen LogP contribution in [0.2, 0.25) is 10.0 Å². The van der Waals surface area contributed by atoms with Gasteiger partial charge in [0.25, 0.3) is 0 Å². The number of nitrogens with zero attached hydrogens (tertiary/aromatic N) is 2. The van der Waals surface area contributed by atoms with E-state index in [1.54, 1.807) is 58.4 Å². The summed E-state index contributed by atoms with van der Waals surface area (Å²) in [5, 5.41) is 9.97. The molecule has 2 aromatic heterocycles. The van der Waals surface area contributed by atoms with Crippen LogP contribution in [0.15, 0.2) is 89.6 Å². The summed E-state index contributed by atoms with van der Waals surface area (Å²) in [6.45, 7) is 0.977. The third kappa shape index (κ3) is 6.33. The Balaban J connectivity index is 1.23. The summed E-state index contributed by atoms with van der Waals surface area (Å²) in [5.74, 6) is 6.85. The fourth-order valence-electron chi connectivity index (χ4n) is 6.25. The highest BCUT2D eigenvalue weighted by atomic mass is 35.5. The van der Waals surface area contributed by atoms with E-state index in [4.69, 9.17) is 33.8 Å². The molecule has 0 saturated carbocycles. The van der Waals surface area contributed by atoms with Crippen molar-refractivity contribution in [1.82, 2.24) is 15.2 Å². The molecule has 1 amide bonds. The van der Waals surface area contributed by atoms with Crippen molar-refractivity contribution in [2.75, 3.05) is 13.1 Å². The Morgan fingerprint density at radius 3 is 1.98 bits per heavy atom. The predicted molar refractivity (Wildman–Crippen MR) is 189 cm³/mol. The van der Waals surface area contributed by atoms with E-state index >= 15 is 0 Å². The number of hydrazine groups is 1. The lowest BCUT2D eigenvalue weighted by Gasteiger charge is -2.43. The molecule has 0 aliphatic carbocycles. The number of halogens is 2. The molecule has 244 valence electrons. The molecule has 0 radical (unpaired) electrons. The Labute approximate surface area is 295 Å². The van der Waals surface area contributed by atoms with Crippen molar-refractivity contribution >= 4 is 63.5 Å². The number of thiophene rings is 2. The maximum Gasteiger partial charge on any atom is 0.411 e. The number of carbonyl (C=O) groups excluding carboxylic acids is 3. The van der Waals surface area contributed by atoms with E-state index in [2.05, 4.69) is 5.32 Å². The molecule has 0 bridgehead atoms. The summed E-state index contributed by atoms with van der Waals surface area (Å²) in [6, 6.07) is 23.2. The third-order valence-corrected chi connectivity index (χ3v) is 11.3. The fraction of sp³-hybridized carbons (Fsp3) is 0.194. The van der Waals surface area contributed by atoms with Crippen LogP contribution in [0, 0.1) is 0 Å². The summed E-state index contributed by atoms with van der Waals surface area (Å²) >= 11 is 15.0. The van der Waals surface area contributed by atoms with Gasteiger partial charge >= 0.3 is 6.09 Å². The van der Waals surface area contributed by atoms with Gasteiger partial charge in [-0.2, -0.15) is 5.01 Å². The second-order valence-corrected chi connectivity index (χ2v) is 14.3. The molecule has 8 nitrogen and oxygen atoms in total. The van der Waals surface area contributed by atoms with Gasteiger partial charge in [0.1, 0.15) is 18.9 Å². The molecule has 5 aromatic rings. The largest absolute Gasteiger partial charge is 0.444 e. The highest BCUT2D eigenvalue weighted by Gasteiger charge is 2.42. The number of nitrogens with two attached hydrogens (primary N) is 1. The maximum absolute atomic E-state index is 13.8. The Bertz CT molecular complexity index is 1980. The topological polar surface area (TPSA) is 105 Å². The zero-order valence-corrected chi connectivity index (χ0v) is 28.7. The lowest BCUT2D eigenvalue weighted by Crippen LogP contribution is -2.55. The van der Waals surface area contributed by atoms with Crippen LogP contribution in [-0.4, -0.2) is 40.7 Å². The summed E-state index contributed by atoms with van der Waals surface area (Å²) in [4.78, 5) is 44.3. The normalized spacial score (nSPS) is 17.1. The molecule has 0 spiro atoms. The molecule has 2 unspecified atom stereocenters. The Kier molecular flexibility index (Phi) is 9.48. The van der Waals surface area contributed by atoms with Gasteiger partial charge in [-0.1, -0.05) is 53.5 Å². The number of rotatable bonds is 8. The van der Waals surface area contributed by atoms with Crippen LogP contribution >= 0.6 is 45.9 Å². The van der Waals surface area contributed by atoms with Crippen molar-refractivity contribution < 1.29 is 19.1 Å². The van der Waals surface area contributed by atoms with E-state index in [1.165, 1.54) is 22.7 Å². The van der Waals surface area contributed by atoms with Crippen molar-refractivity contribution in [3.63, 3.8) is 0 Å². The van der Waals surface area contributed by atoms with Gasteiger partial charge < -0.3 is 4.74 Å². The number of amides is 1. The maximum atomic E-state index is 13.8. The van der Waals surface area contributed by atoms with Crippen LogP contribution < -0.4 is 11.2 Å². The van der Waals surface area contributed by atoms with Gasteiger partial charge in [-0.3, -0.25) is 25.6 Å². The summed E-state index contributed by atoms with van der Waals surface area (Å²) < 4.78 is 5.81. The minimum absolute atomic E-state index is 0.0805. The molecular weight excluding hydrogens is 687 g/mol. The molecule has 4 heterocycles. The van der Waals surface area contributed by atoms with Crippen LogP contribution in [0.5, 0.6) is 0 Å². The third-order valence-electron chi connectivity index (χ3n) is 8.67. The summed E-state index contributed by atoms with van der Waals surface area (Å²) in [7, 11) is 0. The predicted octanol–water partition coefficient (Wildman–Crippen LogP) is 7.79. The number of nitrogens with one attached hydrogen (secondary N) is 1. The zero-order valence-electron chi connectivity index (χ0n) is 25.5. The number of hydrogen-bond donors (Lipinski definition) is 2. The molecule has 0 fully saturated rings. The minimum atomic E-state index is -0.741. The van der Waals surface area contributed by atoms with Gasteiger partial charge in [0, 0.05) is 65.9 Å². The quantitative estimate of drug-likeness (QED) is 0.0960. The molecule has 2 aliphatic rings. The van der Waals surface area contributed by atoms with Crippen LogP contribution in [0.3, 0.4) is 0 Å². The number of carbonyl (C=O) groups is 3. The first-order valence-corrected chi connectivity index (χ1v) is 17.9. The molecule has 3 aromatic carbocycles. The second kappa shape index (κ2) is 13.9. The van der Waals surface area contributed by atoms with Crippen LogP contribution in [0.25, 0.3) is 0 Å². The molecule has 2 aliphatic heterocycles. The SMILES string of the molecule is NN(C1NCCc2c(C(=O)c3ccc(Cl)cc3)csc21)C1c2scc(C(=O)c3ccc(Cl)cc3)c2CCN1C(=O)OCc1ccccc1.